The summed E-state index contributed by atoms with van der Waals surface area (Å²) in [6.45, 7) is 0. The maximum absolute atomic E-state index is 9.12. The Labute approximate surface area is 60.3 Å². The average molecular weight is 146 g/mol. The van der Waals surface area contributed by atoms with Crippen LogP contribution in [0.2, 0.25) is 0 Å². The molecule has 10 heavy (non-hydrogen) atoms. The highest BCUT2D eigenvalue weighted by Gasteiger charge is 2.23. The largest absolute Gasteiger partial charge is 0.393 e. The zero-order chi connectivity index (χ0) is 7.56. The highest BCUT2D eigenvalue weighted by molar-refractivity contribution is 4.75. The molecule has 1 aliphatic rings. The number of rotatable bonds is 0. The van der Waals surface area contributed by atoms with Crippen LogP contribution in [-0.4, -0.2) is 33.6 Å². The molecule has 3 N–H and O–H groups in total. The Hall–Kier alpha value is -0.120. The standard InChI is InChI=1S/C7H14O3/c8-5-2-1-3-6(9)7(10)4-5/h5-10H,1-4H2. The predicted molar refractivity (Wildman–Crippen MR) is 36.5 cm³/mol. The van der Waals surface area contributed by atoms with E-state index in [1.807, 2.05) is 0 Å². The summed E-state index contributed by atoms with van der Waals surface area (Å²) in [6.07, 6.45) is 0.661. The molecule has 0 heterocycles. The van der Waals surface area contributed by atoms with Crippen LogP contribution in [0.5, 0.6) is 0 Å². The molecular weight excluding hydrogens is 132 g/mol. The summed E-state index contributed by atoms with van der Waals surface area (Å²) in [5.74, 6) is 0. The van der Waals surface area contributed by atoms with Crippen molar-refractivity contribution in [3.8, 4) is 0 Å². The molecule has 0 aromatic rings. The Balaban J connectivity index is 2.41. The third-order valence-electron chi connectivity index (χ3n) is 1.99. The van der Waals surface area contributed by atoms with Crippen LogP contribution in [0, 0.1) is 0 Å². The van der Waals surface area contributed by atoms with Crippen LogP contribution in [0.15, 0.2) is 0 Å². The minimum atomic E-state index is -0.725. The summed E-state index contributed by atoms with van der Waals surface area (Å²) in [5.41, 5.74) is 0. The second kappa shape index (κ2) is 3.32. The molecule has 0 saturated heterocycles. The van der Waals surface area contributed by atoms with Crippen molar-refractivity contribution in [1.82, 2.24) is 0 Å². The van der Waals surface area contributed by atoms with E-state index < -0.39 is 18.3 Å². The minimum absolute atomic E-state index is 0.321. The molecule has 0 aromatic carbocycles. The van der Waals surface area contributed by atoms with Gasteiger partial charge in [0.25, 0.3) is 0 Å². The fraction of sp³-hybridized carbons (Fsp3) is 1.00. The maximum Gasteiger partial charge on any atom is 0.0823 e. The summed E-state index contributed by atoms with van der Waals surface area (Å²) >= 11 is 0. The topological polar surface area (TPSA) is 60.7 Å². The van der Waals surface area contributed by atoms with Crippen LogP contribution in [-0.2, 0) is 0 Å². The van der Waals surface area contributed by atoms with Crippen molar-refractivity contribution in [1.29, 1.82) is 0 Å². The van der Waals surface area contributed by atoms with Crippen LogP contribution in [0.4, 0.5) is 0 Å². The first-order chi connectivity index (χ1) is 4.70. The summed E-state index contributed by atoms with van der Waals surface area (Å²) in [5, 5.41) is 27.3. The van der Waals surface area contributed by atoms with Crippen molar-refractivity contribution < 1.29 is 15.3 Å². The Morgan fingerprint density at radius 1 is 0.900 bits per heavy atom. The molecule has 3 nitrogen and oxygen atoms in total. The molecule has 3 heteroatoms. The van der Waals surface area contributed by atoms with Gasteiger partial charge in [-0.15, -0.1) is 0 Å². The molecule has 0 aliphatic heterocycles. The monoisotopic (exact) mass is 146 g/mol. The van der Waals surface area contributed by atoms with Crippen molar-refractivity contribution >= 4 is 0 Å². The molecule has 60 valence electrons. The van der Waals surface area contributed by atoms with Crippen LogP contribution < -0.4 is 0 Å². The van der Waals surface area contributed by atoms with Gasteiger partial charge in [0.05, 0.1) is 18.3 Å². The van der Waals surface area contributed by atoms with E-state index >= 15 is 0 Å². The highest BCUT2D eigenvalue weighted by atomic mass is 16.3. The normalized spacial score (nSPS) is 42.9. The number of hydrogen-bond donors (Lipinski definition) is 3. The van der Waals surface area contributed by atoms with E-state index in [0.29, 0.717) is 19.3 Å². The number of aliphatic hydroxyl groups excluding tert-OH is 3. The van der Waals surface area contributed by atoms with Gasteiger partial charge < -0.3 is 15.3 Å². The molecule has 1 fully saturated rings. The molecule has 0 radical (unpaired) electrons. The molecule has 0 aromatic heterocycles. The zero-order valence-electron chi connectivity index (χ0n) is 5.90. The van der Waals surface area contributed by atoms with Gasteiger partial charge in [-0.2, -0.15) is 0 Å². The zero-order valence-corrected chi connectivity index (χ0v) is 5.90. The molecule has 1 rings (SSSR count). The van der Waals surface area contributed by atoms with E-state index in [0.717, 1.165) is 6.42 Å². The van der Waals surface area contributed by atoms with Crippen molar-refractivity contribution in [2.24, 2.45) is 0 Å². The summed E-state index contributed by atoms with van der Waals surface area (Å²) < 4.78 is 0. The smallest absolute Gasteiger partial charge is 0.0823 e. The van der Waals surface area contributed by atoms with Crippen LogP contribution in [0.1, 0.15) is 25.7 Å². The Morgan fingerprint density at radius 3 is 2.30 bits per heavy atom. The third-order valence-corrected chi connectivity index (χ3v) is 1.99. The number of hydrogen-bond acceptors (Lipinski definition) is 3. The van der Waals surface area contributed by atoms with E-state index in [1.54, 1.807) is 0 Å². The molecule has 3 unspecified atom stereocenters. The average Bonchev–Trinajstić information content (AvgIpc) is 1.96. The van der Waals surface area contributed by atoms with Gasteiger partial charge in [-0.05, 0) is 19.3 Å². The maximum atomic E-state index is 9.12. The summed E-state index contributed by atoms with van der Waals surface area (Å²) in [7, 11) is 0. The lowest BCUT2D eigenvalue weighted by molar-refractivity contribution is -0.00153. The van der Waals surface area contributed by atoms with Gasteiger partial charge in [-0.25, -0.2) is 0 Å². The van der Waals surface area contributed by atoms with Gasteiger partial charge >= 0.3 is 0 Å². The van der Waals surface area contributed by atoms with Crippen LogP contribution in [0.25, 0.3) is 0 Å². The van der Waals surface area contributed by atoms with Gasteiger partial charge in [0, 0.05) is 6.42 Å². The van der Waals surface area contributed by atoms with Crippen LogP contribution >= 0.6 is 0 Å². The quantitative estimate of drug-likeness (QED) is 0.409. The van der Waals surface area contributed by atoms with Crippen molar-refractivity contribution in [2.75, 3.05) is 0 Å². The van der Waals surface area contributed by atoms with Crippen molar-refractivity contribution in [3.63, 3.8) is 0 Å². The molecule has 3 atom stereocenters. The molecule has 1 aliphatic carbocycles. The fourth-order valence-corrected chi connectivity index (χ4v) is 1.31. The van der Waals surface area contributed by atoms with Gasteiger partial charge in [0.2, 0.25) is 0 Å². The van der Waals surface area contributed by atoms with E-state index in [-0.39, 0.29) is 0 Å². The second-order valence-electron chi connectivity index (χ2n) is 2.96. The van der Waals surface area contributed by atoms with Crippen molar-refractivity contribution in [2.45, 2.75) is 44.0 Å². The fourth-order valence-electron chi connectivity index (χ4n) is 1.31. The predicted octanol–water partition coefficient (Wildman–Crippen LogP) is -0.357. The van der Waals surface area contributed by atoms with Crippen LogP contribution in [0.3, 0.4) is 0 Å². The first-order valence-electron chi connectivity index (χ1n) is 3.74. The highest BCUT2D eigenvalue weighted by Crippen LogP contribution is 2.18. The Morgan fingerprint density at radius 2 is 1.60 bits per heavy atom. The lowest BCUT2D eigenvalue weighted by atomic mass is 10.1. The van der Waals surface area contributed by atoms with E-state index in [9.17, 15) is 0 Å². The van der Waals surface area contributed by atoms with E-state index in [1.165, 1.54) is 0 Å². The number of aliphatic hydroxyl groups is 3. The molecule has 0 amide bonds. The lowest BCUT2D eigenvalue weighted by Crippen LogP contribution is -2.26. The van der Waals surface area contributed by atoms with Gasteiger partial charge in [0.1, 0.15) is 0 Å². The van der Waals surface area contributed by atoms with Gasteiger partial charge in [0.15, 0.2) is 0 Å². The molecular formula is C7H14O3. The second-order valence-corrected chi connectivity index (χ2v) is 2.96. The summed E-state index contributed by atoms with van der Waals surface area (Å²) in [6, 6.07) is 0. The molecule has 0 spiro atoms. The Bertz CT molecular complexity index is 105. The first-order valence-corrected chi connectivity index (χ1v) is 3.74. The third kappa shape index (κ3) is 1.94. The SMILES string of the molecule is OC1CCCC(O)C(O)C1. The molecule has 0 bridgehead atoms. The molecule has 1 saturated carbocycles. The Kier molecular flexibility index (Phi) is 2.65. The lowest BCUT2D eigenvalue weighted by Gasteiger charge is -2.14. The summed E-state index contributed by atoms with van der Waals surface area (Å²) in [4.78, 5) is 0. The minimum Gasteiger partial charge on any atom is -0.393 e. The van der Waals surface area contributed by atoms with Crippen molar-refractivity contribution in [3.05, 3.63) is 0 Å². The van der Waals surface area contributed by atoms with Gasteiger partial charge in [-0.3, -0.25) is 0 Å². The van der Waals surface area contributed by atoms with Gasteiger partial charge in [-0.1, -0.05) is 0 Å². The van der Waals surface area contributed by atoms with E-state index in [4.69, 9.17) is 15.3 Å². The first kappa shape index (κ1) is 7.98. The van der Waals surface area contributed by atoms with E-state index in [2.05, 4.69) is 0 Å².